The van der Waals surface area contributed by atoms with E-state index in [2.05, 4.69) is 31.3 Å². The first-order valence-electron chi connectivity index (χ1n) is 10.0. The van der Waals surface area contributed by atoms with Gasteiger partial charge in [0.15, 0.2) is 19.5 Å². The lowest BCUT2D eigenvalue weighted by atomic mass is 9.93. The first-order valence-corrected chi connectivity index (χ1v) is 10.0. The smallest absolute Gasteiger partial charge is 0.344 e. The predicted octanol–water partition coefficient (Wildman–Crippen LogP) is 4.06. The number of hydrogen-bond acceptors (Lipinski definition) is 5. The van der Waals surface area contributed by atoms with Crippen molar-refractivity contribution in [1.29, 1.82) is 0 Å². The third-order valence-electron chi connectivity index (χ3n) is 4.70. The van der Waals surface area contributed by atoms with Crippen molar-refractivity contribution < 1.29 is 23.9 Å². The summed E-state index contributed by atoms with van der Waals surface area (Å²) in [5.41, 5.74) is 2.58. The number of para-hydroxylation sites is 1. The van der Waals surface area contributed by atoms with Crippen LogP contribution in [0.1, 0.15) is 61.1 Å². The van der Waals surface area contributed by atoms with E-state index in [-0.39, 0.29) is 24.5 Å². The summed E-state index contributed by atoms with van der Waals surface area (Å²) in [4.78, 5) is 35.2. The zero-order chi connectivity index (χ0) is 22.1. The third-order valence-corrected chi connectivity index (χ3v) is 4.70. The fourth-order valence-corrected chi connectivity index (χ4v) is 2.97. The Labute approximate surface area is 177 Å². The van der Waals surface area contributed by atoms with E-state index in [0.717, 1.165) is 5.56 Å². The molecule has 0 fully saturated rings. The van der Waals surface area contributed by atoms with Gasteiger partial charge in [-0.25, -0.2) is 4.79 Å². The predicted molar refractivity (Wildman–Crippen MR) is 115 cm³/mol. The Morgan fingerprint density at radius 1 is 0.933 bits per heavy atom. The fraction of sp³-hybridized carbons (Fsp3) is 0.375. The minimum absolute atomic E-state index is 0.165. The number of hydrogen-bond donors (Lipinski definition) is 1. The molecule has 1 N–H and O–H groups in total. The lowest BCUT2D eigenvalue weighted by molar-refractivity contribution is -0.150. The molecule has 30 heavy (non-hydrogen) atoms. The van der Waals surface area contributed by atoms with E-state index in [0.29, 0.717) is 23.5 Å². The van der Waals surface area contributed by atoms with Gasteiger partial charge in [0.05, 0.1) is 11.6 Å². The van der Waals surface area contributed by atoms with Crippen LogP contribution in [0.15, 0.2) is 48.5 Å². The summed E-state index contributed by atoms with van der Waals surface area (Å²) in [5, 5.41) is 2.93. The van der Waals surface area contributed by atoms with Gasteiger partial charge in [0, 0.05) is 0 Å². The van der Waals surface area contributed by atoms with Gasteiger partial charge < -0.3 is 14.8 Å². The van der Waals surface area contributed by atoms with Crippen molar-refractivity contribution in [2.75, 3.05) is 13.2 Å². The molecule has 0 saturated heterocycles. The molecule has 0 aromatic heterocycles. The van der Waals surface area contributed by atoms with Gasteiger partial charge >= 0.3 is 5.97 Å². The van der Waals surface area contributed by atoms with Crippen LogP contribution in [0.3, 0.4) is 0 Å². The average molecular weight is 411 g/mol. The van der Waals surface area contributed by atoms with E-state index in [4.69, 9.17) is 9.47 Å². The van der Waals surface area contributed by atoms with Gasteiger partial charge in [-0.05, 0) is 35.1 Å². The van der Waals surface area contributed by atoms with Crippen LogP contribution in [0.5, 0.6) is 5.75 Å². The number of carbonyl (C=O) groups excluding carboxylic acids is 3. The lowest BCUT2D eigenvalue weighted by Crippen LogP contribution is -2.35. The SMILES string of the molecule is CC(C)c1ccc([C@@H](NC(=O)COC(=O)COc2ccccc2C=O)C(C)C)cc1. The van der Waals surface area contributed by atoms with Crippen LogP contribution >= 0.6 is 0 Å². The van der Waals surface area contributed by atoms with Gasteiger partial charge in [-0.2, -0.15) is 0 Å². The van der Waals surface area contributed by atoms with Crippen LogP contribution in [0.2, 0.25) is 0 Å². The number of esters is 1. The monoisotopic (exact) mass is 411 g/mol. The largest absolute Gasteiger partial charge is 0.481 e. The normalized spacial score (nSPS) is 11.8. The van der Waals surface area contributed by atoms with Crippen LogP contribution in [0.25, 0.3) is 0 Å². The van der Waals surface area contributed by atoms with Crippen molar-refractivity contribution in [3.05, 3.63) is 65.2 Å². The van der Waals surface area contributed by atoms with Crippen LogP contribution in [0.4, 0.5) is 0 Å². The van der Waals surface area contributed by atoms with Crippen molar-refractivity contribution in [1.82, 2.24) is 5.32 Å². The molecule has 0 aliphatic heterocycles. The van der Waals surface area contributed by atoms with Crippen LogP contribution in [-0.2, 0) is 14.3 Å². The fourth-order valence-electron chi connectivity index (χ4n) is 2.97. The third kappa shape index (κ3) is 6.72. The summed E-state index contributed by atoms with van der Waals surface area (Å²) in [6.07, 6.45) is 0.647. The van der Waals surface area contributed by atoms with E-state index in [1.54, 1.807) is 24.3 Å². The molecular weight excluding hydrogens is 382 g/mol. The van der Waals surface area contributed by atoms with Gasteiger partial charge in [0.1, 0.15) is 5.75 Å². The maximum absolute atomic E-state index is 12.3. The Kier molecular flexibility index (Phi) is 8.59. The molecule has 0 saturated carbocycles. The first kappa shape index (κ1) is 23.1. The van der Waals surface area contributed by atoms with E-state index >= 15 is 0 Å². The standard InChI is InChI=1S/C24H29NO5/c1-16(2)18-9-11-19(12-10-18)24(17(3)4)25-22(27)14-30-23(28)15-29-21-8-6-5-7-20(21)13-26/h5-13,16-17,24H,14-15H2,1-4H3,(H,25,27)/t24-/m0/s1. The van der Waals surface area contributed by atoms with Crippen molar-refractivity contribution in [3.63, 3.8) is 0 Å². The van der Waals surface area contributed by atoms with E-state index in [1.165, 1.54) is 5.56 Å². The molecule has 2 rings (SSSR count). The molecule has 6 heteroatoms. The number of ether oxygens (including phenoxy) is 2. The molecule has 0 spiro atoms. The molecule has 6 nitrogen and oxygen atoms in total. The highest BCUT2D eigenvalue weighted by Gasteiger charge is 2.19. The van der Waals surface area contributed by atoms with E-state index < -0.39 is 12.6 Å². The second-order valence-corrected chi connectivity index (χ2v) is 7.72. The number of benzene rings is 2. The quantitative estimate of drug-likeness (QED) is 0.471. The minimum Gasteiger partial charge on any atom is -0.481 e. The molecule has 0 unspecified atom stereocenters. The molecule has 2 aromatic rings. The molecule has 0 bridgehead atoms. The van der Waals surface area contributed by atoms with Crippen LogP contribution < -0.4 is 10.1 Å². The number of aldehydes is 1. The van der Waals surface area contributed by atoms with Gasteiger partial charge in [-0.3, -0.25) is 9.59 Å². The maximum atomic E-state index is 12.3. The van der Waals surface area contributed by atoms with Crippen molar-refractivity contribution in [2.45, 2.75) is 39.7 Å². The van der Waals surface area contributed by atoms with E-state index in [1.807, 2.05) is 26.0 Å². The number of carbonyl (C=O) groups is 3. The van der Waals surface area contributed by atoms with Gasteiger partial charge in [0.25, 0.3) is 5.91 Å². The Hall–Kier alpha value is -3.15. The van der Waals surface area contributed by atoms with Crippen LogP contribution in [-0.4, -0.2) is 31.4 Å². The number of nitrogens with one attached hydrogen (secondary N) is 1. The molecule has 160 valence electrons. The molecule has 0 heterocycles. The van der Waals surface area contributed by atoms with Crippen molar-refractivity contribution in [2.24, 2.45) is 5.92 Å². The number of rotatable bonds is 10. The molecule has 0 aliphatic rings. The molecule has 2 aromatic carbocycles. The summed E-state index contributed by atoms with van der Waals surface area (Å²) < 4.78 is 10.3. The second kappa shape index (κ2) is 11.1. The Morgan fingerprint density at radius 3 is 2.17 bits per heavy atom. The van der Waals surface area contributed by atoms with Gasteiger partial charge in [0.2, 0.25) is 0 Å². The molecule has 0 radical (unpaired) electrons. The highest BCUT2D eigenvalue weighted by Crippen LogP contribution is 2.24. The Balaban J connectivity index is 1.86. The first-order chi connectivity index (χ1) is 14.3. The van der Waals surface area contributed by atoms with Crippen molar-refractivity contribution in [3.8, 4) is 5.75 Å². The molecule has 1 atom stereocenters. The summed E-state index contributed by atoms with van der Waals surface area (Å²) in [7, 11) is 0. The summed E-state index contributed by atoms with van der Waals surface area (Å²) in [5.74, 6) is -0.181. The number of amides is 1. The summed E-state index contributed by atoms with van der Waals surface area (Å²) >= 11 is 0. The highest BCUT2D eigenvalue weighted by molar-refractivity contribution is 5.82. The van der Waals surface area contributed by atoms with E-state index in [9.17, 15) is 14.4 Å². The van der Waals surface area contributed by atoms with Crippen molar-refractivity contribution >= 4 is 18.2 Å². The minimum atomic E-state index is -0.687. The molecular formula is C24H29NO5. The highest BCUT2D eigenvalue weighted by atomic mass is 16.6. The zero-order valence-electron chi connectivity index (χ0n) is 17.9. The summed E-state index contributed by atoms with van der Waals surface area (Å²) in [6.45, 7) is 7.52. The average Bonchev–Trinajstić information content (AvgIpc) is 2.74. The lowest BCUT2D eigenvalue weighted by Gasteiger charge is -2.23. The molecule has 0 aliphatic carbocycles. The van der Waals surface area contributed by atoms with Gasteiger partial charge in [-0.1, -0.05) is 64.1 Å². The van der Waals surface area contributed by atoms with Gasteiger partial charge in [-0.15, -0.1) is 0 Å². The van der Waals surface area contributed by atoms with Crippen LogP contribution in [0, 0.1) is 5.92 Å². The Morgan fingerprint density at radius 2 is 1.57 bits per heavy atom. The Bertz CT molecular complexity index is 858. The maximum Gasteiger partial charge on any atom is 0.344 e. The topological polar surface area (TPSA) is 81.7 Å². The zero-order valence-corrected chi connectivity index (χ0v) is 17.9. The summed E-state index contributed by atoms with van der Waals surface area (Å²) in [6, 6.07) is 14.5. The second-order valence-electron chi connectivity index (χ2n) is 7.72. The molecule has 1 amide bonds.